The molecule has 0 bridgehead atoms. The van der Waals surface area contributed by atoms with Gasteiger partial charge in [0, 0.05) is 21.5 Å². The second kappa shape index (κ2) is 8.70. The molecule has 5 nitrogen and oxygen atoms in total. The van der Waals surface area contributed by atoms with E-state index in [1.807, 2.05) is 18.2 Å². The minimum atomic E-state index is -0.348. The van der Waals surface area contributed by atoms with Gasteiger partial charge in [-0.15, -0.1) is 0 Å². The van der Waals surface area contributed by atoms with Crippen molar-refractivity contribution in [2.24, 2.45) is 0 Å². The average molecular weight is 445 g/mol. The number of hydrogen-bond donors (Lipinski definition) is 3. The van der Waals surface area contributed by atoms with Crippen molar-refractivity contribution in [1.82, 2.24) is 0 Å². The number of halogens is 2. The Morgan fingerprint density at radius 2 is 1.30 bits per heavy atom. The summed E-state index contributed by atoms with van der Waals surface area (Å²) in [5.41, 5.74) is 2.27. The Kier molecular flexibility index (Phi) is 6.11. The third-order valence-corrected chi connectivity index (χ3v) is 4.41. The van der Waals surface area contributed by atoms with E-state index < -0.39 is 0 Å². The fraction of sp³-hybridized carbons (Fsp3) is 0. The molecule has 0 saturated carbocycles. The van der Waals surface area contributed by atoms with Crippen LogP contribution in [0.15, 0.2) is 77.3 Å². The molecule has 0 atom stereocenters. The van der Waals surface area contributed by atoms with Crippen LogP contribution in [0.25, 0.3) is 0 Å². The second-order valence-electron chi connectivity index (χ2n) is 5.60. The first-order chi connectivity index (χ1) is 13.0. The highest BCUT2D eigenvalue weighted by molar-refractivity contribution is 9.10. The molecule has 0 aliphatic rings. The van der Waals surface area contributed by atoms with Crippen LogP contribution in [0, 0.1) is 0 Å². The van der Waals surface area contributed by atoms with Crippen LogP contribution in [-0.4, -0.2) is 11.9 Å². The van der Waals surface area contributed by atoms with Gasteiger partial charge in [-0.25, -0.2) is 4.79 Å². The van der Waals surface area contributed by atoms with Gasteiger partial charge in [0.15, 0.2) is 0 Å². The van der Waals surface area contributed by atoms with Crippen LogP contribution in [0.5, 0.6) is 0 Å². The second-order valence-corrected chi connectivity index (χ2v) is 6.92. The summed E-state index contributed by atoms with van der Waals surface area (Å²) >= 11 is 9.40. The van der Waals surface area contributed by atoms with E-state index in [9.17, 15) is 9.59 Å². The Morgan fingerprint density at radius 3 is 1.89 bits per heavy atom. The number of carbonyl (C=O) groups excluding carboxylic acids is 2. The van der Waals surface area contributed by atoms with E-state index >= 15 is 0 Å². The van der Waals surface area contributed by atoms with Crippen LogP contribution in [0.3, 0.4) is 0 Å². The highest BCUT2D eigenvalue weighted by Crippen LogP contribution is 2.23. The van der Waals surface area contributed by atoms with Crippen LogP contribution >= 0.6 is 27.5 Å². The lowest BCUT2D eigenvalue weighted by molar-refractivity contribution is 0.102. The average Bonchev–Trinajstić information content (AvgIpc) is 2.64. The van der Waals surface area contributed by atoms with Crippen LogP contribution in [0.4, 0.5) is 21.9 Å². The van der Waals surface area contributed by atoms with Gasteiger partial charge in [-0.1, -0.05) is 45.7 Å². The number of amides is 3. The maximum Gasteiger partial charge on any atom is 0.323 e. The van der Waals surface area contributed by atoms with Gasteiger partial charge in [-0.2, -0.15) is 0 Å². The maximum atomic E-state index is 12.3. The number of benzene rings is 3. The standard InChI is InChI=1S/C20H15BrClN3O2/c21-13-6-11-17(18(22)12-13)19(26)23-15-7-9-16(10-8-15)25-20(27)24-14-4-2-1-3-5-14/h1-12H,(H,23,26)(H2,24,25,27). The van der Waals surface area contributed by atoms with Gasteiger partial charge < -0.3 is 16.0 Å². The summed E-state index contributed by atoms with van der Waals surface area (Å²) in [6.07, 6.45) is 0. The summed E-state index contributed by atoms with van der Waals surface area (Å²) in [6, 6.07) is 20.6. The lowest BCUT2D eigenvalue weighted by Gasteiger charge is -2.10. The topological polar surface area (TPSA) is 70.2 Å². The lowest BCUT2D eigenvalue weighted by atomic mass is 10.2. The number of anilines is 3. The van der Waals surface area contributed by atoms with Gasteiger partial charge in [0.2, 0.25) is 0 Å². The first-order valence-corrected chi connectivity index (χ1v) is 9.18. The van der Waals surface area contributed by atoms with Gasteiger partial charge >= 0.3 is 6.03 Å². The summed E-state index contributed by atoms with van der Waals surface area (Å²) in [5, 5.41) is 8.59. The predicted octanol–water partition coefficient (Wildman–Crippen LogP) is 6.00. The van der Waals surface area contributed by atoms with E-state index in [0.29, 0.717) is 27.6 Å². The molecule has 0 aliphatic carbocycles. The Bertz CT molecular complexity index is 963. The molecular formula is C20H15BrClN3O2. The minimum Gasteiger partial charge on any atom is -0.322 e. The normalized spacial score (nSPS) is 10.1. The molecule has 3 aromatic carbocycles. The van der Waals surface area contributed by atoms with Crippen LogP contribution in [0.1, 0.15) is 10.4 Å². The van der Waals surface area contributed by atoms with Crippen LogP contribution in [0.2, 0.25) is 5.02 Å². The molecule has 0 aromatic heterocycles. The molecule has 3 amide bonds. The number of hydrogen-bond acceptors (Lipinski definition) is 2. The number of carbonyl (C=O) groups is 2. The van der Waals surface area contributed by atoms with E-state index in [1.54, 1.807) is 54.6 Å². The summed E-state index contributed by atoms with van der Waals surface area (Å²) in [5.74, 6) is -0.310. The van der Waals surface area contributed by atoms with Crippen molar-refractivity contribution in [3.8, 4) is 0 Å². The molecule has 136 valence electrons. The first-order valence-electron chi connectivity index (χ1n) is 8.01. The molecular weight excluding hydrogens is 430 g/mol. The molecule has 3 N–H and O–H groups in total. The third kappa shape index (κ3) is 5.32. The molecule has 0 radical (unpaired) electrons. The fourth-order valence-electron chi connectivity index (χ4n) is 2.32. The van der Waals surface area contributed by atoms with E-state index in [2.05, 4.69) is 31.9 Å². The molecule has 27 heavy (non-hydrogen) atoms. The van der Waals surface area contributed by atoms with Crippen LogP contribution in [-0.2, 0) is 0 Å². The van der Waals surface area contributed by atoms with Crippen molar-refractivity contribution in [2.45, 2.75) is 0 Å². The smallest absolute Gasteiger partial charge is 0.322 e. The predicted molar refractivity (Wildman–Crippen MR) is 113 cm³/mol. The van der Waals surface area contributed by atoms with E-state index in [1.165, 1.54) is 0 Å². The van der Waals surface area contributed by atoms with Gasteiger partial charge in [-0.3, -0.25) is 4.79 Å². The van der Waals surface area contributed by atoms with Crippen molar-refractivity contribution < 1.29 is 9.59 Å². The zero-order valence-corrected chi connectivity index (χ0v) is 16.3. The number of para-hydroxylation sites is 1. The highest BCUT2D eigenvalue weighted by Gasteiger charge is 2.11. The molecule has 3 rings (SSSR count). The lowest BCUT2D eigenvalue weighted by Crippen LogP contribution is -2.19. The summed E-state index contributed by atoms with van der Waals surface area (Å²) in [6.45, 7) is 0. The van der Waals surface area contributed by atoms with E-state index in [-0.39, 0.29) is 11.9 Å². The molecule has 0 heterocycles. The molecule has 7 heteroatoms. The molecule has 0 fully saturated rings. The third-order valence-electron chi connectivity index (χ3n) is 3.61. The molecule has 3 aromatic rings. The zero-order valence-electron chi connectivity index (χ0n) is 14.0. The van der Waals surface area contributed by atoms with E-state index in [0.717, 1.165) is 4.47 Å². The van der Waals surface area contributed by atoms with Crippen LogP contribution < -0.4 is 16.0 Å². The summed E-state index contributed by atoms with van der Waals surface area (Å²) in [4.78, 5) is 24.3. The molecule has 0 saturated heterocycles. The Morgan fingerprint density at radius 1 is 0.741 bits per heavy atom. The van der Waals surface area contributed by atoms with Gasteiger partial charge in [0.25, 0.3) is 5.91 Å². The van der Waals surface area contributed by atoms with Crippen molar-refractivity contribution in [3.63, 3.8) is 0 Å². The quantitative estimate of drug-likeness (QED) is 0.462. The van der Waals surface area contributed by atoms with Crippen molar-refractivity contribution in [3.05, 3.63) is 87.9 Å². The molecule has 0 unspecified atom stereocenters. The zero-order chi connectivity index (χ0) is 19.2. The SMILES string of the molecule is O=C(Nc1ccccc1)Nc1ccc(NC(=O)c2ccc(Br)cc2Cl)cc1. The number of rotatable bonds is 4. The van der Waals surface area contributed by atoms with Gasteiger partial charge in [0.1, 0.15) is 0 Å². The molecule has 0 aliphatic heterocycles. The molecule has 0 spiro atoms. The van der Waals surface area contributed by atoms with Crippen molar-refractivity contribution in [2.75, 3.05) is 16.0 Å². The number of urea groups is 1. The minimum absolute atomic E-state index is 0.310. The first kappa shape index (κ1) is 18.9. The van der Waals surface area contributed by atoms with Crippen molar-refractivity contribution >= 4 is 56.5 Å². The Hall–Kier alpha value is -2.83. The number of nitrogens with one attached hydrogen (secondary N) is 3. The Labute approximate surface area is 169 Å². The Balaban J connectivity index is 1.60. The monoisotopic (exact) mass is 443 g/mol. The summed E-state index contributed by atoms with van der Waals surface area (Å²) in [7, 11) is 0. The fourth-order valence-corrected chi connectivity index (χ4v) is 3.08. The van der Waals surface area contributed by atoms with E-state index in [4.69, 9.17) is 11.6 Å². The van der Waals surface area contributed by atoms with Gasteiger partial charge in [0.05, 0.1) is 10.6 Å². The maximum absolute atomic E-state index is 12.3. The summed E-state index contributed by atoms with van der Waals surface area (Å²) < 4.78 is 0.799. The largest absolute Gasteiger partial charge is 0.323 e. The highest BCUT2D eigenvalue weighted by atomic mass is 79.9. The van der Waals surface area contributed by atoms with Crippen molar-refractivity contribution in [1.29, 1.82) is 0 Å². The van der Waals surface area contributed by atoms with Gasteiger partial charge in [-0.05, 0) is 54.6 Å².